The van der Waals surface area contributed by atoms with Crippen LogP contribution in [-0.4, -0.2) is 31.2 Å². The monoisotopic (exact) mass is 278 g/mol. The molecule has 19 heavy (non-hydrogen) atoms. The summed E-state index contributed by atoms with van der Waals surface area (Å²) in [6, 6.07) is -0.110. The maximum absolute atomic E-state index is 13.2. The lowest BCUT2D eigenvalue weighted by molar-refractivity contribution is -0.216. The third kappa shape index (κ3) is 2.73. The van der Waals surface area contributed by atoms with Crippen molar-refractivity contribution in [3.05, 3.63) is 0 Å². The number of hydrogen-bond donors (Lipinski definition) is 2. The molecule has 0 aromatic heterocycles. The lowest BCUT2D eigenvalue weighted by atomic mass is 9.82. The fraction of sp³-hybridized carbons (Fsp3) is 0.923. The number of alkyl halides is 3. The lowest BCUT2D eigenvalue weighted by Gasteiger charge is -2.35. The third-order valence-corrected chi connectivity index (χ3v) is 4.56. The molecule has 0 radical (unpaired) electrons. The Hall–Kier alpha value is -0.780. The summed E-state index contributed by atoms with van der Waals surface area (Å²) in [7, 11) is 0. The van der Waals surface area contributed by atoms with E-state index in [9.17, 15) is 18.0 Å². The normalized spacial score (nSPS) is 36.2. The summed E-state index contributed by atoms with van der Waals surface area (Å²) in [6.07, 6.45) is -0.815. The van der Waals surface area contributed by atoms with E-state index in [2.05, 4.69) is 10.6 Å². The van der Waals surface area contributed by atoms with Crippen LogP contribution in [0.2, 0.25) is 0 Å². The van der Waals surface area contributed by atoms with E-state index in [0.717, 1.165) is 25.7 Å². The minimum atomic E-state index is -4.49. The summed E-state index contributed by atoms with van der Waals surface area (Å²) in [5, 5.41) is 5.33. The molecule has 3 unspecified atom stereocenters. The Balaban J connectivity index is 2.08. The molecule has 1 saturated carbocycles. The van der Waals surface area contributed by atoms with Gasteiger partial charge in [-0.05, 0) is 31.7 Å². The number of nitrogens with one attached hydrogen (secondary N) is 2. The second-order valence-corrected chi connectivity index (χ2v) is 5.85. The molecule has 1 saturated heterocycles. The molecule has 3 atom stereocenters. The lowest BCUT2D eigenvalue weighted by Crippen LogP contribution is -2.55. The topological polar surface area (TPSA) is 41.1 Å². The molecule has 6 heteroatoms. The molecule has 0 aromatic rings. The molecule has 1 aliphatic heterocycles. The predicted molar refractivity (Wildman–Crippen MR) is 65.5 cm³/mol. The average molecular weight is 278 g/mol. The van der Waals surface area contributed by atoms with Crippen LogP contribution < -0.4 is 10.6 Å². The van der Waals surface area contributed by atoms with Gasteiger partial charge in [-0.25, -0.2) is 0 Å². The molecule has 1 heterocycles. The van der Waals surface area contributed by atoms with E-state index in [1.54, 1.807) is 0 Å². The quantitative estimate of drug-likeness (QED) is 0.813. The average Bonchev–Trinajstić information content (AvgIpc) is 2.82. The van der Waals surface area contributed by atoms with Crippen molar-refractivity contribution in [2.45, 2.75) is 51.2 Å². The molecule has 2 aliphatic rings. The number of amides is 1. The van der Waals surface area contributed by atoms with E-state index in [1.807, 2.05) is 6.92 Å². The van der Waals surface area contributed by atoms with Gasteiger partial charge >= 0.3 is 6.18 Å². The Bertz CT molecular complexity index is 337. The van der Waals surface area contributed by atoms with Crippen molar-refractivity contribution in [1.29, 1.82) is 0 Å². The van der Waals surface area contributed by atoms with Crippen LogP contribution in [0.5, 0.6) is 0 Å². The zero-order valence-corrected chi connectivity index (χ0v) is 11.1. The first kappa shape index (κ1) is 14.6. The molecule has 3 nitrogen and oxygen atoms in total. The predicted octanol–water partition coefficient (Wildman–Crippen LogP) is 2.22. The zero-order chi connectivity index (χ0) is 14.1. The number of carbonyl (C=O) groups excluding carboxylic acids is 1. The highest BCUT2D eigenvalue weighted by atomic mass is 19.4. The Morgan fingerprint density at radius 3 is 2.53 bits per heavy atom. The second-order valence-electron chi connectivity index (χ2n) is 5.85. The van der Waals surface area contributed by atoms with Crippen LogP contribution in [0, 0.1) is 11.3 Å². The van der Waals surface area contributed by atoms with Crippen molar-refractivity contribution in [3.63, 3.8) is 0 Å². The smallest absolute Gasteiger partial charge is 0.352 e. The van der Waals surface area contributed by atoms with E-state index in [4.69, 9.17) is 0 Å². The summed E-state index contributed by atoms with van der Waals surface area (Å²) in [6.45, 7) is 1.94. The van der Waals surface area contributed by atoms with E-state index < -0.39 is 17.5 Å². The highest BCUT2D eigenvalue weighted by molar-refractivity contribution is 5.84. The van der Waals surface area contributed by atoms with Crippen LogP contribution in [0.1, 0.15) is 39.0 Å². The summed E-state index contributed by atoms with van der Waals surface area (Å²) in [5.41, 5.74) is -2.23. The highest BCUT2D eigenvalue weighted by Gasteiger charge is 2.61. The van der Waals surface area contributed by atoms with Gasteiger partial charge in [0.2, 0.25) is 5.91 Å². The minimum absolute atomic E-state index is 0.110. The molecular weight excluding hydrogens is 257 g/mol. The van der Waals surface area contributed by atoms with E-state index >= 15 is 0 Å². The molecule has 0 aromatic carbocycles. The van der Waals surface area contributed by atoms with Gasteiger partial charge in [-0.3, -0.25) is 4.79 Å². The Morgan fingerprint density at radius 1 is 1.32 bits per heavy atom. The minimum Gasteiger partial charge on any atom is -0.352 e. The first-order valence-electron chi connectivity index (χ1n) is 6.95. The van der Waals surface area contributed by atoms with Crippen molar-refractivity contribution in [2.24, 2.45) is 11.3 Å². The van der Waals surface area contributed by atoms with E-state index in [-0.39, 0.29) is 31.5 Å². The van der Waals surface area contributed by atoms with Crippen LogP contribution in [-0.2, 0) is 4.79 Å². The van der Waals surface area contributed by atoms with Crippen LogP contribution >= 0.6 is 0 Å². The molecular formula is C13H21F3N2O. The molecule has 110 valence electrons. The molecule has 1 amide bonds. The zero-order valence-electron chi connectivity index (χ0n) is 11.1. The van der Waals surface area contributed by atoms with Crippen molar-refractivity contribution in [3.8, 4) is 0 Å². The Morgan fingerprint density at radius 2 is 2.00 bits per heavy atom. The maximum Gasteiger partial charge on any atom is 0.404 e. The van der Waals surface area contributed by atoms with Gasteiger partial charge in [-0.1, -0.05) is 19.8 Å². The molecule has 1 aliphatic carbocycles. The van der Waals surface area contributed by atoms with Gasteiger partial charge in [0.05, 0.1) is 0 Å². The van der Waals surface area contributed by atoms with Crippen molar-refractivity contribution in [2.75, 3.05) is 13.1 Å². The van der Waals surface area contributed by atoms with Crippen molar-refractivity contribution in [1.82, 2.24) is 10.6 Å². The first-order valence-corrected chi connectivity index (χ1v) is 6.95. The standard InChI is InChI=1S/C13H21F3N2O/c1-9-4-2-3-5-10(9)18-11(19)12(13(14,15)16)6-7-17-8-12/h9-10,17H,2-8H2,1H3,(H,18,19). The van der Waals surface area contributed by atoms with Crippen LogP contribution in [0.15, 0.2) is 0 Å². The number of hydrogen-bond acceptors (Lipinski definition) is 2. The highest BCUT2D eigenvalue weighted by Crippen LogP contribution is 2.43. The first-order chi connectivity index (χ1) is 8.87. The summed E-state index contributed by atoms with van der Waals surface area (Å²) < 4.78 is 39.7. The van der Waals surface area contributed by atoms with Crippen LogP contribution in [0.4, 0.5) is 13.2 Å². The Labute approximate surface area is 111 Å². The number of halogens is 3. The van der Waals surface area contributed by atoms with Gasteiger partial charge in [0.1, 0.15) is 0 Å². The van der Waals surface area contributed by atoms with Crippen LogP contribution in [0.25, 0.3) is 0 Å². The third-order valence-electron chi connectivity index (χ3n) is 4.56. The van der Waals surface area contributed by atoms with Gasteiger partial charge in [-0.2, -0.15) is 13.2 Å². The fourth-order valence-electron chi connectivity index (χ4n) is 3.09. The summed E-state index contributed by atoms with van der Waals surface area (Å²) in [5.74, 6) is -0.582. The number of carbonyl (C=O) groups is 1. The van der Waals surface area contributed by atoms with E-state index in [0.29, 0.717) is 0 Å². The summed E-state index contributed by atoms with van der Waals surface area (Å²) >= 11 is 0. The molecule has 2 fully saturated rings. The molecule has 0 bridgehead atoms. The number of rotatable bonds is 2. The van der Waals surface area contributed by atoms with Crippen molar-refractivity contribution < 1.29 is 18.0 Å². The van der Waals surface area contributed by atoms with Gasteiger partial charge in [0.15, 0.2) is 5.41 Å². The molecule has 0 spiro atoms. The van der Waals surface area contributed by atoms with Gasteiger partial charge in [0, 0.05) is 12.6 Å². The maximum atomic E-state index is 13.2. The SMILES string of the molecule is CC1CCCCC1NC(=O)C1(C(F)(F)F)CCNC1. The van der Waals surface area contributed by atoms with Gasteiger partial charge in [-0.15, -0.1) is 0 Å². The van der Waals surface area contributed by atoms with Crippen LogP contribution in [0.3, 0.4) is 0 Å². The van der Waals surface area contributed by atoms with Crippen molar-refractivity contribution >= 4 is 5.91 Å². The Kier molecular flexibility index (Phi) is 4.08. The molecule has 2 N–H and O–H groups in total. The largest absolute Gasteiger partial charge is 0.404 e. The van der Waals surface area contributed by atoms with Gasteiger partial charge < -0.3 is 10.6 Å². The summed E-state index contributed by atoms with van der Waals surface area (Å²) in [4.78, 5) is 12.2. The van der Waals surface area contributed by atoms with Gasteiger partial charge in [0.25, 0.3) is 0 Å². The molecule has 2 rings (SSSR count). The second kappa shape index (κ2) is 5.31. The van der Waals surface area contributed by atoms with E-state index in [1.165, 1.54) is 0 Å². The fourth-order valence-corrected chi connectivity index (χ4v) is 3.09.